The van der Waals surface area contributed by atoms with Crippen LogP contribution in [-0.2, 0) is 6.54 Å². The number of hydrogen-bond donors (Lipinski definition) is 0. The van der Waals surface area contributed by atoms with E-state index in [1.165, 1.54) is 30.9 Å². The van der Waals surface area contributed by atoms with E-state index in [1.54, 1.807) is 0 Å². The second kappa shape index (κ2) is 11.6. The molecule has 0 N–H and O–H groups in total. The molecule has 0 amide bonds. The SMILES string of the molecule is CCCCC(CC)COc1ccccc1CN=N[Si]c1ccccc1. The maximum absolute atomic E-state index is 6.10. The first-order chi connectivity index (χ1) is 12.3. The molecule has 132 valence electrons. The monoisotopic (exact) mass is 352 g/mol. The van der Waals surface area contributed by atoms with Crippen molar-refractivity contribution >= 4 is 14.9 Å². The van der Waals surface area contributed by atoms with Crippen LogP contribution < -0.4 is 9.92 Å². The van der Waals surface area contributed by atoms with Gasteiger partial charge in [-0.05, 0) is 23.6 Å². The quantitative estimate of drug-likeness (QED) is 0.405. The number of ether oxygens (including phenoxy) is 1. The maximum atomic E-state index is 6.10. The fraction of sp³-hybridized carbons (Fsp3) is 0.429. The van der Waals surface area contributed by atoms with Crippen molar-refractivity contribution < 1.29 is 4.74 Å². The Hall–Kier alpha value is -1.94. The molecule has 1 atom stereocenters. The summed E-state index contributed by atoms with van der Waals surface area (Å²) >= 11 is 0. The largest absolute Gasteiger partial charge is 0.493 e. The Morgan fingerprint density at radius 3 is 2.52 bits per heavy atom. The van der Waals surface area contributed by atoms with E-state index in [-0.39, 0.29) is 0 Å². The molecule has 25 heavy (non-hydrogen) atoms. The molecule has 0 spiro atoms. The lowest BCUT2D eigenvalue weighted by Gasteiger charge is -2.17. The smallest absolute Gasteiger partial charge is 0.280 e. The van der Waals surface area contributed by atoms with Crippen molar-refractivity contribution in [1.82, 2.24) is 0 Å². The van der Waals surface area contributed by atoms with Crippen molar-refractivity contribution in [1.29, 1.82) is 0 Å². The molecule has 4 heteroatoms. The van der Waals surface area contributed by atoms with Gasteiger partial charge in [0.2, 0.25) is 0 Å². The van der Waals surface area contributed by atoms with Gasteiger partial charge in [-0.2, -0.15) is 5.11 Å². The Morgan fingerprint density at radius 2 is 1.76 bits per heavy atom. The molecule has 0 bridgehead atoms. The van der Waals surface area contributed by atoms with Gasteiger partial charge in [-0.3, -0.25) is 0 Å². The average Bonchev–Trinajstić information content (AvgIpc) is 2.67. The molecular formula is C21H28N2OSi. The molecule has 0 aliphatic carbocycles. The van der Waals surface area contributed by atoms with Gasteiger partial charge >= 0.3 is 0 Å². The van der Waals surface area contributed by atoms with Gasteiger partial charge in [0.1, 0.15) is 5.75 Å². The van der Waals surface area contributed by atoms with Crippen molar-refractivity contribution in [3.8, 4) is 5.75 Å². The summed E-state index contributed by atoms with van der Waals surface area (Å²) < 4.78 is 10.4. The highest BCUT2D eigenvalue weighted by molar-refractivity contribution is 6.51. The minimum atomic E-state index is 0.367. The Balaban J connectivity index is 1.86. The molecule has 2 radical (unpaired) electrons. The molecule has 0 saturated heterocycles. The zero-order valence-electron chi connectivity index (χ0n) is 15.3. The third kappa shape index (κ3) is 7.22. The molecule has 1 unspecified atom stereocenters. The highest BCUT2D eigenvalue weighted by Crippen LogP contribution is 2.21. The third-order valence-corrected chi connectivity index (χ3v) is 5.09. The molecule has 2 aromatic carbocycles. The van der Waals surface area contributed by atoms with Crippen molar-refractivity contribution in [2.45, 2.75) is 46.1 Å². The molecule has 0 aliphatic rings. The molecule has 0 heterocycles. The number of unbranched alkanes of at least 4 members (excludes halogenated alkanes) is 1. The van der Waals surface area contributed by atoms with Crippen LogP contribution in [0, 0.1) is 5.92 Å². The average molecular weight is 353 g/mol. The number of rotatable bonds is 11. The van der Waals surface area contributed by atoms with Crippen LogP contribution in [0.3, 0.4) is 0 Å². The molecule has 0 aromatic heterocycles. The number of benzene rings is 2. The highest BCUT2D eigenvalue weighted by Gasteiger charge is 2.09. The van der Waals surface area contributed by atoms with E-state index in [0.29, 0.717) is 22.1 Å². The van der Waals surface area contributed by atoms with Crippen LogP contribution in [0.25, 0.3) is 0 Å². The van der Waals surface area contributed by atoms with E-state index in [4.69, 9.17) is 4.74 Å². The van der Waals surface area contributed by atoms with E-state index >= 15 is 0 Å². The summed E-state index contributed by atoms with van der Waals surface area (Å²) in [5, 5.41) is 5.56. The van der Waals surface area contributed by atoms with Gasteiger partial charge in [0.25, 0.3) is 9.68 Å². The highest BCUT2D eigenvalue weighted by atomic mass is 28.2. The van der Waals surface area contributed by atoms with Gasteiger partial charge in [-0.1, -0.05) is 81.6 Å². The molecule has 0 saturated carbocycles. The second-order valence-electron chi connectivity index (χ2n) is 6.21. The van der Waals surface area contributed by atoms with Gasteiger partial charge in [-0.15, -0.1) is 0 Å². The maximum Gasteiger partial charge on any atom is 0.280 e. The Bertz CT molecular complexity index is 631. The number of hydrogen-bond acceptors (Lipinski definition) is 3. The summed E-state index contributed by atoms with van der Waals surface area (Å²) in [6, 6.07) is 18.4. The van der Waals surface area contributed by atoms with Crippen LogP contribution in [0.1, 0.15) is 45.1 Å². The van der Waals surface area contributed by atoms with Crippen LogP contribution in [-0.4, -0.2) is 16.3 Å². The standard InChI is InChI=1S/C21H28N2OSi/c1-3-5-11-18(4-2)17-24-21-15-10-9-12-19(21)16-22-23-25-20-13-7-6-8-14-20/h6-10,12-15,18H,3-5,11,16-17H2,1-2H3. The first-order valence-corrected chi connectivity index (χ1v) is 10.2. The molecule has 2 rings (SSSR count). The lowest BCUT2D eigenvalue weighted by atomic mass is 10.0. The summed E-state index contributed by atoms with van der Waals surface area (Å²) in [6.07, 6.45) is 4.93. The van der Waals surface area contributed by atoms with Gasteiger partial charge in [0.05, 0.1) is 13.2 Å². The van der Waals surface area contributed by atoms with Gasteiger partial charge < -0.3 is 4.74 Å². The first kappa shape index (κ1) is 19.4. The summed E-state index contributed by atoms with van der Waals surface area (Å²) in [5.41, 5.74) is 1.11. The van der Waals surface area contributed by atoms with Crippen LogP contribution in [0.15, 0.2) is 64.5 Å². The minimum absolute atomic E-state index is 0.367. The van der Waals surface area contributed by atoms with Crippen LogP contribution in [0.4, 0.5) is 0 Å². The Kier molecular flexibility index (Phi) is 8.98. The normalized spacial score (nSPS) is 12.4. The van der Waals surface area contributed by atoms with Crippen LogP contribution >= 0.6 is 0 Å². The molecule has 0 aliphatic heterocycles. The van der Waals surface area contributed by atoms with E-state index in [9.17, 15) is 0 Å². The van der Waals surface area contributed by atoms with Crippen molar-refractivity contribution in [3.05, 3.63) is 60.2 Å². The van der Waals surface area contributed by atoms with E-state index in [2.05, 4.69) is 41.9 Å². The summed E-state index contributed by atoms with van der Waals surface area (Å²) in [6.45, 7) is 5.84. The third-order valence-electron chi connectivity index (χ3n) is 4.26. The Morgan fingerprint density at radius 1 is 1.00 bits per heavy atom. The van der Waals surface area contributed by atoms with Crippen LogP contribution in [0.2, 0.25) is 0 Å². The molecule has 2 aromatic rings. The topological polar surface area (TPSA) is 34.0 Å². The predicted molar refractivity (Wildman–Crippen MR) is 106 cm³/mol. The fourth-order valence-electron chi connectivity index (χ4n) is 2.60. The van der Waals surface area contributed by atoms with E-state index in [0.717, 1.165) is 17.9 Å². The second-order valence-corrected chi connectivity index (χ2v) is 7.21. The minimum Gasteiger partial charge on any atom is -0.493 e. The Labute approximate surface area is 154 Å². The number of para-hydroxylation sites is 1. The fourth-order valence-corrected chi connectivity index (χ4v) is 3.20. The van der Waals surface area contributed by atoms with Crippen molar-refractivity contribution in [2.24, 2.45) is 15.8 Å². The molecule has 0 fully saturated rings. The number of nitrogens with zero attached hydrogens (tertiary/aromatic N) is 2. The van der Waals surface area contributed by atoms with E-state index in [1.807, 2.05) is 36.4 Å². The zero-order valence-corrected chi connectivity index (χ0v) is 16.3. The van der Waals surface area contributed by atoms with Crippen LogP contribution in [0.5, 0.6) is 5.75 Å². The van der Waals surface area contributed by atoms with Gasteiger partial charge in [0.15, 0.2) is 0 Å². The van der Waals surface area contributed by atoms with E-state index < -0.39 is 0 Å². The zero-order chi connectivity index (χ0) is 17.7. The summed E-state index contributed by atoms with van der Waals surface area (Å²) in [5.74, 6) is 1.58. The van der Waals surface area contributed by atoms with Crippen molar-refractivity contribution in [3.63, 3.8) is 0 Å². The molecular weight excluding hydrogens is 324 g/mol. The lowest BCUT2D eigenvalue weighted by Crippen LogP contribution is -2.12. The molecule has 3 nitrogen and oxygen atoms in total. The van der Waals surface area contributed by atoms with Gasteiger partial charge in [0, 0.05) is 5.56 Å². The predicted octanol–water partition coefficient (Wildman–Crippen LogP) is 5.18. The summed E-state index contributed by atoms with van der Waals surface area (Å²) in [7, 11) is 0.367. The van der Waals surface area contributed by atoms with Gasteiger partial charge in [-0.25, -0.2) is 4.78 Å². The lowest BCUT2D eigenvalue weighted by molar-refractivity contribution is 0.231. The summed E-state index contributed by atoms with van der Waals surface area (Å²) in [4.78, 5) is 0. The van der Waals surface area contributed by atoms with Crippen molar-refractivity contribution in [2.75, 3.05) is 6.61 Å². The first-order valence-electron chi connectivity index (χ1n) is 9.21.